The molecule has 0 bridgehead atoms. The number of nitrogens with zero attached hydrogens (tertiary/aromatic N) is 3. The second kappa shape index (κ2) is 9.49. The molecule has 3 rings (SSSR count). The van der Waals surface area contributed by atoms with Gasteiger partial charge in [-0.2, -0.15) is 23.0 Å². The molecule has 1 amide bonds. The molecule has 0 aliphatic rings. The van der Waals surface area contributed by atoms with E-state index in [-0.39, 0.29) is 21.3 Å². The monoisotopic (exact) mass is 504 g/mol. The van der Waals surface area contributed by atoms with Crippen molar-refractivity contribution in [3.05, 3.63) is 65.2 Å². The van der Waals surface area contributed by atoms with Crippen LogP contribution in [0.25, 0.3) is 6.08 Å². The molecule has 3 aromatic rings. The molecular formula is C20H16N4O6S3. The average molecular weight is 505 g/mol. The number of nitrogens with one attached hydrogen (secondary N) is 1. The fourth-order valence-electron chi connectivity index (χ4n) is 2.39. The Hall–Kier alpha value is -3.60. The van der Waals surface area contributed by atoms with E-state index in [1.54, 1.807) is 18.2 Å². The molecule has 1 N–H and O–H groups in total. The van der Waals surface area contributed by atoms with Crippen LogP contribution >= 0.6 is 11.5 Å². The molecule has 2 aromatic carbocycles. The third-order valence-electron chi connectivity index (χ3n) is 4.03. The first-order valence-corrected chi connectivity index (χ1v) is 13.1. The van der Waals surface area contributed by atoms with Crippen molar-refractivity contribution >= 4 is 48.6 Å². The van der Waals surface area contributed by atoms with E-state index in [0.717, 1.165) is 11.8 Å². The molecule has 33 heavy (non-hydrogen) atoms. The van der Waals surface area contributed by atoms with Gasteiger partial charge >= 0.3 is 10.1 Å². The number of hydrogen-bond donors (Lipinski definition) is 1. The zero-order valence-electron chi connectivity index (χ0n) is 17.2. The highest BCUT2D eigenvalue weighted by atomic mass is 32.2. The highest BCUT2D eigenvalue weighted by Crippen LogP contribution is 2.21. The summed E-state index contributed by atoms with van der Waals surface area (Å²) in [5, 5.41) is 11.1. The van der Waals surface area contributed by atoms with Crippen LogP contribution in [0.5, 0.6) is 5.75 Å². The Balaban J connectivity index is 1.73. The van der Waals surface area contributed by atoms with Crippen LogP contribution < -0.4 is 9.50 Å². The van der Waals surface area contributed by atoms with E-state index in [1.165, 1.54) is 42.5 Å². The molecule has 170 valence electrons. The van der Waals surface area contributed by atoms with Crippen molar-refractivity contribution in [3.8, 4) is 11.8 Å². The maximum atomic E-state index is 12.4. The van der Waals surface area contributed by atoms with E-state index >= 15 is 0 Å². The predicted molar refractivity (Wildman–Crippen MR) is 121 cm³/mol. The zero-order valence-corrected chi connectivity index (χ0v) is 19.7. The lowest BCUT2D eigenvalue weighted by Gasteiger charge is -2.07. The van der Waals surface area contributed by atoms with Crippen LogP contribution in [0.3, 0.4) is 0 Å². The molecule has 0 saturated heterocycles. The molecular weight excluding hydrogens is 488 g/mol. The summed E-state index contributed by atoms with van der Waals surface area (Å²) in [6.07, 6.45) is 2.20. The lowest BCUT2D eigenvalue weighted by molar-refractivity contribution is -0.112. The van der Waals surface area contributed by atoms with E-state index < -0.39 is 31.0 Å². The minimum atomic E-state index is -4.01. The molecule has 13 heteroatoms. The highest BCUT2D eigenvalue weighted by molar-refractivity contribution is 7.90. The number of rotatable bonds is 7. The molecule has 1 heterocycles. The van der Waals surface area contributed by atoms with Gasteiger partial charge in [0.1, 0.15) is 22.3 Å². The van der Waals surface area contributed by atoms with Crippen LogP contribution in [-0.2, 0) is 24.7 Å². The van der Waals surface area contributed by atoms with Gasteiger partial charge in [0.05, 0.1) is 0 Å². The molecule has 0 aliphatic carbocycles. The molecule has 0 fully saturated rings. The largest absolute Gasteiger partial charge is 0.379 e. The third-order valence-corrected chi connectivity index (χ3v) is 6.88. The zero-order chi connectivity index (χ0) is 24.2. The number of sulfone groups is 1. The Morgan fingerprint density at radius 3 is 2.27 bits per heavy atom. The summed E-state index contributed by atoms with van der Waals surface area (Å²) in [7, 11) is -7.64. The van der Waals surface area contributed by atoms with Crippen LogP contribution in [0, 0.1) is 18.3 Å². The second-order valence-electron chi connectivity index (χ2n) is 6.70. The average Bonchev–Trinajstić information content (AvgIpc) is 3.22. The number of nitriles is 1. The summed E-state index contributed by atoms with van der Waals surface area (Å²) < 4.78 is 56.4. The normalized spacial score (nSPS) is 12.1. The summed E-state index contributed by atoms with van der Waals surface area (Å²) in [5.41, 5.74) is 1.05. The molecule has 0 radical (unpaired) electrons. The Labute approximate surface area is 194 Å². The van der Waals surface area contributed by atoms with Crippen molar-refractivity contribution in [1.82, 2.24) is 9.36 Å². The SMILES string of the molecule is Cc1ccc(S(=O)(=O)Oc2ccc(C=C(C#N)C(=O)Nc3nc(S(C)(=O)=O)ns3)cc2)cc1. The van der Waals surface area contributed by atoms with Gasteiger partial charge in [-0.25, -0.2) is 8.42 Å². The summed E-state index contributed by atoms with van der Waals surface area (Å²) >= 11 is 0.663. The maximum Gasteiger partial charge on any atom is 0.339 e. The Bertz CT molecular complexity index is 1470. The van der Waals surface area contributed by atoms with Crippen molar-refractivity contribution in [3.63, 3.8) is 0 Å². The van der Waals surface area contributed by atoms with Crippen molar-refractivity contribution < 1.29 is 25.8 Å². The molecule has 1 aromatic heterocycles. The summed E-state index contributed by atoms with van der Waals surface area (Å²) in [4.78, 5) is 16.0. The van der Waals surface area contributed by atoms with Crippen LogP contribution in [0.2, 0.25) is 0 Å². The van der Waals surface area contributed by atoms with Crippen LogP contribution in [-0.4, -0.2) is 38.4 Å². The van der Waals surface area contributed by atoms with Gasteiger partial charge < -0.3 is 4.18 Å². The summed E-state index contributed by atoms with van der Waals surface area (Å²) in [6.45, 7) is 1.83. The number of amides is 1. The number of aryl methyl sites for hydroxylation is 1. The van der Waals surface area contributed by atoms with Gasteiger partial charge in [-0.05, 0) is 42.8 Å². The van der Waals surface area contributed by atoms with Crippen molar-refractivity contribution in [1.29, 1.82) is 5.26 Å². The minimum Gasteiger partial charge on any atom is -0.379 e. The molecule has 0 saturated carbocycles. The number of benzene rings is 2. The first-order chi connectivity index (χ1) is 15.5. The van der Waals surface area contributed by atoms with Crippen molar-refractivity contribution in [2.45, 2.75) is 17.0 Å². The number of anilines is 1. The lowest BCUT2D eigenvalue weighted by Crippen LogP contribution is -2.13. The topological polar surface area (TPSA) is 156 Å². The lowest BCUT2D eigenvalue weighted by atomic mass is 10.1. The van der Waals surface area contributed by atoms with Crippen LogP contribution in [0.15, 0.2) is 64.2 Å². The predicted octanol–water partition coefficient (Wildman–Crippen LogP) is 2.56. The van der Waals surface area contributed by atoms with Gasteiger partial charge in [-0.3, -0.25) is 10.1 Å². The third kappa shape index (κ3) is 6.22. The van der Waals surface area contributed by atoms with E-state index in [2.05, 4.69) is 14.7 Å². The summed E-state index contributed by atoms with van der Waals surface area (Å²) in [5.74, 6) is -0.756. The Morgan fingerprint density at radius 1 is 1.09 bits per heavy atom. The van der Waals surface area contributed by atoms with E-state index in [4.69, 9.17) is 4.18 Å². The van der Waals surface area contributed by atoms with Gasteiger partial charge in [0.25, 0.3) is 11.1 Å². The van der Waals surface area contributed by atoms with Crippen LogP contribution in [0.1, 0.15) is 11.1 Å². The van der Waals surface area contributed by atoms with Gasteiger partial charge in [-0.15, -0.1) is 0 Å². The Kier molecular flexibility index (Phi) is 6.92. The smallest absolute Gasteiger partial charge is 0.339 e. The Morgan fingerprint density at radius 2 is 1.73 bits per heavy atom. The van der Waals surface area contributed by atoms with Gasteiger partial charge in [0.2, 0.25) is 15.0 Å². The molecule has 0 unspecified atom stereocenters. The van der Waals surface area contributed by atoms with Gasteiger partial charge in [0.15, 0.2) is 0 Å². The maximum absolute atomic E-state index is 12.4. The molecule has 0 spiro atoms. The van der Waals surface area contributed by atoms with E-state index in [0.29, 0.717) is 17.1 Å². The standard InChI is InChI=1S/C20H16N4O6S3/c1-13-3-9-17(10-4-13)33(28,29)30-16-7-5-14(6-8-16)11-15(12-21)18(25)22-19-23-20(24-31-19)32(2,26)27/h3-11H,1-2H3,(H,22,23,24,25). The van der Waals surface area contributed by atoms with Crippen molar-refractivity contribution in [2.75, 3.05) is 11.6 Å². The van der Waals surface area contributed by atoms with E-state index in [9.17, 15) is 26.9 Å². The number of carbonyl (C=O) groups is 1. The first-order valence-electron chi connectivity index (χ1n) is 9.06. The molecule has 0 atom stereocenters. The van der Waals surface area contributed by atoms with Gasteiger partial charge in [0, 0.05) is 17.8 Å². The quantitative estimate of drug-likeness (QED) is 0.290. The van der Waals surface area contributed by atoms with Crippen LogP contribution in [0.4, 0.5) is 5.13 Å². The first kappa shape index (κ1) is 24.1. The molecule has 0 aliphatic heterocycles. The van der Waals surface area contributed by atoms with E-state index in [1.807, 2.05) is 6.92 Å². The molecule has 10 nitrogen and oxygen atoms in total. The highest BCUT2D eigenvalue weighted by Gasteiger charge is 2.18. The van der Waals surface area contributed by atoms with Crippen molar-refractivity contribution in [2.24, 2.45) is 0 Å². The minimum absolute atomic E-state index is 0.0104. The number of carbonyl (C=O) groups excluding carboxylic acids is 1. The van der Waals surface area contributed by atoms with Gasteiger partial charge in [-0.1, -0.05) is 29.8 Å². The number of hydrogen-bond acceptors (Lipinski definition) is 10. The summed E-state index contributed by atoms with van der Waals surface area (Å²) in [6, 6.07) is 13.6. The fourth-order valence-corrected chi connectivity index (χ4v) is 4.76. The second-order valence-corrected chi connectivity index (χ2v) is 10.9. The number of aromatic nitrogens is 2. The fraction of sp³-hybridized carbons (Fsp3) is 0.100.